The number of carbonyl (C=O) groups is 1. The molecule has 0 aliphatic heterocycles. The third-order valence-electron chi connectivity index (χ3n) is 4.29. The first kappa shape index (κ1) is 22.5. The van der Waals surface area contributed by atoms with Gasteiger partial charge in [0.05, 0.1) is 25.1 Å². The summed E-state index contributed by atoms with van der Waals surface area (Å²) < 4.78 is 36.6. The fourth-order valence-corrected chi connectivity index (χ4v) is 4.04. The summed E-state index contributed by atoms with van der Waals surface area (Å²) in [7, 11) is -2.06. The van der Waals surface area contributed by atoms with Crippen molar-refractivity contribution in [2.75, 3.05) is 24.3 Å². The van der Waals surface area contributed by atoms with E-state index in [2.05, 4.69) is 5.32 Å². The molecule has 0 heterocycles. The lowest BCUT2D eigenvalue weighted by atomic mass is 10.2. The minimum Gasteiger partial charge on any atom is -0.497 e. The van der Waals surface area contributed by atoms with E-state index in [1.807, 2.05) is 13.0 Å². The van der Waals surface area contributed by atoms with E-state index in [0.29, 0.717) is 11.4 Å². The van der Waals surface area contributed by atoms with Gasteiger partial charge >= 0.3 is 0 Å². The zero-order chi connectivity index (χ0) is 21.6. The Hall–Kier alpha value is -2.74. The maximum absolute atomic E-state index is 12.7. The molecule has 2 atom stereocenters. The molecule has 7 nitrogen and oxygen atoms in total. The van der Waals surface area contributed by atoms with E-state index in [-0.39, 0.29) is 12.6 Å². The highest BCUT2D eigenvalue weighted by Crippen LogP contribution is 2.22. The Kier molecular flexibility index (Phi) is 7.50. The van der Waals surface area contributed by atoms with Gasteiger partial charge in [0.25, 0.3) is 0 Å². The van der Waals surface area contributed by atoms with Crippen molar-refractivity contribution in [3.8, 4) is 11.5 Å². The van der Waals surface area contributed by atoms with Crippen molar-refractivity contribution in [3.63, 3.8) is 0 Å². The summed E-state index contributed by atoms with van der Waals surface area (Å²) >= 11 is 0. The molecular weight excluding hydrogens is 392 g/mol. The number of aryl methyl sites for hydroxylation is 1. The van der Waals surface area contributed by atoms with Gasteiger partial charge in [-0.1, -0.05) is 12.1 Å². The van der Waals surface area contributed by atoms with E-state index in [1.165, 1.54) is 0 Å². The van der Waals surface area contributed by atoms with Crippen LogP contribution < -0.4 is 19.1 Å². The van der Waals surface area contributed by atoms with Gasteiger partial charge in [-0.25, -0.2) is 8.42 Å². The summed E-state index contributed by atoms with van der Waals surface area (Å²) in [4.78, 5) is 12.7. The predicted molar refractivity (Wildman–Crippen MR) is 114 cm³/mol. The van der Waals surface area contributed by atoms with Crippen LogP contribution in [0.25, 0.3) is 0 Å². The van der Waals surface area contributed by atoms with Crippen molar-refractivity contribution >= 4 is 21.6 Å². The van der Waals surface area contributed by atoms with E-state index in [9.17, 15) is 13.2 Å². The third kappa shape index (κ3) is 6.39. The Morgan fingerprint density at radius 2 is 1.72 bits per heavy atom. The molecule has 0 unspecified atom stereocenters. The van der Waals surface area contributed by atoms with E-state index >= 15 is 0 Å². The molecule has 158 valence electrons. The van der Waals surface area contributed by atoms with Crippen LogP contribution in [0.2, 0.25) is 0 Å². The summed E-state index contributed by atoms with van der Waals surface area (Å²) in [6.45, 7) is 5.47. The summed E-state index contributed by atoms with van der Waals surface area (Å²) in [6, 6.07) is 12.9. The number of carbonyl (C=O) groups excluding carboxylic acids is 1. The van der Waals surface area contributed by atoms with Crippen LogP contribution in [-0.2, 0) is 14.8 Å². The molecular formula is C21H28N2O5S. The average molecular weight is 421 g/mol. The number of hydrogen-bond donors (Lipinski definition) is 1. The number of nitrogens with one attached hydrogen (secondary N) is 1. The smallest absolute Gasteiger partial charge is 0.243 e. The summed E-state index contributed by atoms with van der Waals surface area (Å²) in [5, 5.41) is 2.81. The van der Waals surface area contributed by atoms with Crippen molar-refractivity contribution in [2.45, 2.75) is 32.9 Å². The quantitative estimate of drug-likeness (QED) is 0.674. The lowest BCUT2D eigenvalue weighted by Gasteiger charge is -2.29. The van der Waals surface area contributed by atoms with E-state index in [1.54, 1.807) is 63.4 Å². The molecule has 0 aliphatic carbocycles. The number of hydrogen-bond acceptors (Lipinski definition) is 5. The molecule has 0 spiro atoms. The second-order valence-electron chi connectivity index (χ2n) is 6.97. The van der Waals surface area contributed by atoms with Crippen LogP contribution >= 0.6 is 0 Å². The van der Waals surface area contributed by atoms with Crippen LogP contribution in [-0.4, -0.2) is 46.4 Å². The first-order chi connectivity index (χ1) is 13.6. The molecule has 29 heavy (non-hydrogen) atoms. The van der Waals surface area contributed by atoms with Crippen LogP contribution in [0.5, 0.6) is 11.5 Å². The number of anilines is 1. The number of nitrogens with zero attached hydrogens (tertiary/aromatic N) is 1. The SMILES string of the molecule is COc1ccc(OC[C@@H](C)NC(=O)[C@@H](C)N(c2cccc(C)c2)S(C)(=O)=O)cc1. The van der Waals surface area contributed by atoms with Gasteiger partial charge in [0.15, 0.2) is 0 Å². The van der Waals surface area contributed by atoms with Gasteiger partial charge in [-0.2, -0.15) is 0 Å². The number of amides is 1. The van der Waals surface area contributed by atoms with Gasteiger partial charge in [0, 0.05) is 0 Å². The zero-order valence-corrected chi connectivity index (χ0v) is 18.2. The normalized spacial score (nSPS) is 13.3. The summed E-state index contributed by atoms with van der Waals surface area (Å²) in [5.41, 5.74) is 1.36. The maximum Gasteiger partial charge on any atom is 0.243 e. The highest BCUT2D eigenvalue weighted by atomic mass is 32.2. The molecule has 0 aromatic heterocycles. The standard InChI is InChI=1S/C21H28N2O5S/c1-15-7-6-8-18(13-15)23(29(5,25)26)17(3)21(24)22-16(2)14-28-20-11-9-19(27-4)10-12-20/h6-13,16-17H,14H2,1-5H3,(H,22,24)/t16-,17-/m1/s1. The van der Waals surface area contributed by atoms with Crippen molar-refractivity contribution in [1.29, 1.82) is 0 Å². The van der Waals surface area contributed by atoms with Gasteiger partial charge in [-0.3, -0.25) is 9.10 Å². The number of ether oxygens (including phenoxy) is 2. The second-order valence-corrected chi connectivity index (χ2v) is 8.83. The molecule has 0 aliphatic rings. The second kappa shape index (κ2) is 9.65. The molecule has 8 heteroatoms. The van der Waals surface area contributed by atoms with Crippen LogP contribution in [0.1, 0.15) is 19.4 Å². The Bertz CT molecular complexity index is 928. The van der Waals surface area contributed by atoms with Gasteiger partial charge in [0.1, 0.15) is 24.1 Å². The monoisotopic (exact) mass is 420 g/mol. The lowest BCUT2D eigenvalue weighted by molar-refractivity contribution is -0.122. The number of rotatable bonds is 9. The molecule has 2 rings (SSSR count). The Morgan fingerprint density at radius 1 is 1.10 bits per heavy atom. The first-order valence-electron chi connectivity index (χ1n) is 9.25. The maximum atomic E-state index is 12.7. The van der Waals surface area contributed by atoms with Gasteiger partial charge in [0.2, 0.25) is 15.9 Å². The van der Waals surface area contributed by atoms with Crippen LogP contribution in [0.4, 0.5) is 5.69 Å². The van der Waals surface area contributed by atoms with Crippen molar-refractivity contribution in [3.05, 3.63) is 54.1 Å². The Labute approximate surface area is 172 Å². The minimum atomic E-state index is -3.65. The molecule has 1 N–H and O–H groups in total. The van der Waals surface area contributed by atoms with Crippen LogP contribution in [0, 0.1) is 6.92 Å². The Balaban J connectivity index is 2.02. The zero-order valence-electron chi connectivity index (χ0n) is 17.4. The molecule has 1 amide bonds. The third-order valence-corrected chi connectivity index (χ3v) is 5.53. The fourth-order valence-electron chi connectivity index (χ4n) is 2.87. The van der Waals surface area contributed by atoms with Crippen molar-refractivity contribution in [1.82, 2.24) is 5.32 Å². The first-order valence-corrected chi connectivity index (χ1v) is 11.1. The van der Waals surface area contributed by atoms with E-state index < -0.39 is 22.0 Å². The highest BCUT2D eigenvalue weighted by Gasteiger charge is 2.29. The predicted octanol–water partition coefficient (Wildman–Crippen LogP) is 2.74. The summed E-state index contributed by atoms with van der Waals surface area (Å²) in [5.74, 6) is 0.977. The largest absolute Gasteiger partial charge is 0.497 e. The fraction of sp³-hybridized carbons (Fsp3) is 0.381. The molecule has 2 aromatic rings. The topological polar surface area (TPSA) is 84.9 Å². The molecule has 2 aromatic carbocycles. The van der Waals surface area contributed by atoms with Gasteiger partial charge in [-0.05, 0) is 62.7 Å². The number of sulfonamides is 1. The van der Waals surface area contributed by atoms with Gasteiger partial charge < -0.3 is 14.8 Å². The molecule has 0 saturated carbocycles. The Morgan fingerprint density at radius 3 is 2.28 bits per heavy atom. The molecule has 0 radical (unpaired) electrons. The number of methoxy groups -OCH3 is 1. The molecule has 0 bridgehead atoms. The minimum absolute atomic E-state index is 0.244. The highest BCUT2D eigenvalue weighted by molar-refractivity contribution is 7.92. The lowest BCUT2D eigenvalue weighted by Crippen LogP contribution is -2.50. The van der Waals surface area contributed by atoms with E-state index in [0.717, 1.165) is 21.9 Å². The van der Waals surface area contributed by atoms with Crippen LogP contribution in [0.3, 0.4) is 0 Å². The molecule has 0 saturated heterocycles. The number of benzene rings is 2. The summed E-state index contributed by atoms with van der Waals surface area (Å²) in [6.07, 6.45) is 1.09. The average Bonchev–Trinajstić information content (AvgIpc) is 2.65. The van der Waals surface area contributed by atoms with Crippen molar-refractivity contribution < 1.29 is 22.7 Å². The molecule has 0 fully saturated rings. The van der Waals surface area contributed by atoms with Crippen molar-refractivity contribution in [2.24, 2.45) is 0 Å². The van der Waals surface area contributed by atoms with Gasteiger partial charge in [-0.15, -0.1) is 0 Å². The van der Waals surface area contributed by atoms with E-state index in [4.69, 9.17) is 9.47 Å². The van der Waals surface area contributed by atoms with Crippen LogP contribution in [0.15, 0.2) is 48.5 Å².